The van der Waals surface area contributed by atoms with Crippen molar-refractivity contribution in [1.29, 1.82) is 0 Å². The minimum absolute atomic E-state index is 0.195. The van der Waals surface area contributed by atoms with Crippen LogP contribution in [0.4, 0.5) is 13.2 Å². The van der Waals surface area contributed by atoms with E-state index in [1.54, 1.807) is 6.07 Å². The molecule has 2 rings (SSSR count). The second-order valence-electron chi connectivity index (χ2n) is 5.44. The van der Waals surface area contributed by atoms with Gasteiger partial charge in [0.05, 0.1) is 5.56 Å². The average Bonchev–Trinajstić information content (AvgIpc) is 2.45. The SMILES string of the molecule is OCC1CCCN(CCc2cccc(C(F)(F)F)c2)C1. The number of hydrogen-bond acceptors (Lipinski definition) is 2. The number of hydrogen-bond donors (Lipinski definition) is 1. The van der Waals surface area contributed by atoms with Gasteiger partial charge in [-0.3, -0.25) is 0 Å². The van der Waals surface area contributed by atoms with Gasteiger partial charge in [0.25, 0.3) is 0 Å². The van der Waals surface area contributed by atoms with Crippen molar-refractivity contribution in [3.05, 3.63) is 35.4 Å². The van der Waals surface area contributed by atoms with Crippen LogP contribution in [0.1, 0.15) is 24.0 Å². The molecule has 5 heteroatoms. The zero-order valence-electron chi connectivity index (χ0n) is 11.4. The molecule has 0 spiro atoms. The van der Waals surface area contributed by atoms with Gasteiger partial charge in [0, 0.05) is 19.7 Å². The molecular weight excluding hydrogens is 267 g/mol. The van der Waals surface area contributed by atoms with Crippen LogP contribution in [0.5, 0.6) is 0 Å². The highest BCUT2D eigenvalue weighted by Crippen LogP contribution is 2.29. The molecular formula is C15H20F3NO. The van der Waals surface area contributed by atoms with Gasteiger partial charge in [-0.2, -0.15) is 13.2 Å². The molecule has 1 saturated heterocycles. The molecule has 20 heavy (non-hydrogen) atoms. The number of rotatable bonds is 4. The van der Waals surface area contributed by atoms with E-state index >= 15 is 0 Å². The maximum absolute atomic E-state index is 12.6. The Morgan fingerprint density at radius 2 is 2.10 bits per heavy atom. The summed E-state index contributed by atoms with van der Waals surface area (Å²) in [7, 11) is 0. The van der Waals surface area contributed by atoms with Gasteiger partial charge >= 0.3 is 6.18 Å². The summed E-state index contributed by atoms with van der Waals surface area (Å²) in [5.74, 6) is 0.310. The minimum atomic E-state index is -4.27. The Bertz CT molecular complexity index is 433. The third-order valence-corrected chi connectivity index (χ3v) is 3.83. The number of aliphatic hydroxyl groups is 1. The second-order valence-corrected chi connectivity index (χ2v) is 5.44. The lowest BCUT2D eigenvalue weighted by Gasteiger charge is -2.31. The molecule has 2 nitrogen and oxygen atoms in total. The molecule has 0 saturated carbocycles. The van der Waals surface area contributed by atoms with Crippen LogP contribution in [-0.2, 0) is 12.6 Å². The molecule has 0 aromatic heterocycles. The van der Waals surface area contributed by atoms with Crippen LogP contribution in [-0.4, -0.2) is 36.2 Å². The van der Waals surface area contributed by atoms with Gasteiger partial charge in [-0.05, 0) is 43.4 Å². The number of piperidine rings is 1. The number of aliphatic hydroxyl groups excluding tert-OH is 1. The fourth-order valence-corrected chi connectivity index (χ4v) is 2.69. The van der Waals surface area contributed by atoms with Crippen molar-refractivity contribution in [3.63, 3.8) is 0 Å². The van der Waals surface area contributed by atoms with Gasteiger partial charge in [0.15, 0.2) is 0 Å². The summed E-state index contributed by atoms with van der Waals surface area (Å²) >= 11 is 0. The van der Waals surface area contributed by atoms with Crippen molar-refractivity contribution in [2.45, 2.75) is 25.4 Å². The smallest absolute Gasteiger partial charge is 0.396 e. The van der Waals surface area contributed by atoms with Gasteiger partial charge < -0.3 is 10.0 Å². The molecule has 1 aliphatic heterocycles. The molecule has 0 aliphatic carbocycles. The van der Waals surface area contributed by atoms with E-state index in [-0.39, 0.29) is 6.61 Å². The molecule has 1 aliphatic rings. The number of halogens is 3. The van der Waals surface area contributed by atoms with Gasteiger partial charge in [-0.1, -0.05) is 18.2 Å². The van der Waals surface area contributed by atoms with Crippen LogP contribution in [0.2, 0.25) is 0 Å². The molecule has 1 fully saturated rings. The lowest BCUT2D eigenvalue weighted by Crippen LogP contribution is -2.37. The molecule has 1 atom stereocenters. The maximum atomic E-state index is 12.6. The van der Waals surface area contributed by atoms with E-state index in [2.05, 4.69) is 4.90 Å². The Morgan fingerprint density at radius 3 is 2.80 bits per heavy atom. The zero-order valence-corrected chi connectivity index (χ0v) is 11.4. The highest BCUT2D eigenvalue weighted by Gasteiger charge is 2.30. The number of likely N-dealkylation sites (tertiary alicyclic amines) is 1. The van der Waals surface area contributed by atoms with E-state index < -0.39 is 11.7 Å². The largest absolute Gasteiger partial charge is 0.416 e. The summed E-state index contributed by atoms with van der Waals surface area (Å²) in [6.07, 6.45) is -1.57. The standard InChI is InChI=1S/C15H20F3NO/c16-15(17,18)14-5-1-3-12(9-14)6-8-19-7-2-4-13(10-19)11-20/h1,3,5,9,13,20H,2,4,6-8,10-11H2. The number of alkyl halides is 3. The summed E-state index contributed by atoms with van der Waals surface area (Å²) in [6.45, 7) is 2.75. The number of benzene rings is 1. The monoisotopic (exact) mass is 287 g/mol. The fraction of sp³-hybridized carbons (Fsp3) is 0.600. The van der Waals surface area contributed by atoms with Crippen molar-refractivity contribution in [2.24, 2.45) is 5.92 Å². The van der Waals surface area contributed by atoms with Gasteiger partial charge in [-0.25, -0.2) is 0 Å². The summed E-state index contributed by atoms with van der Waals surface area (Å²) in [5.41, 5.74) is 0.132. The lowest BCUT2D eigenvalue weighted by atomic mass is 9.98. The van der Waals surface area contributed by atoms with E-state index in [0.29, 0.717) is 17.9 Å². The van der Waals surface area contributed by atoms with Gasteiger partial charge in [0.2, 0.25) is 0 Å². The normalized spacial score (nSPS) is 21.1. The summed E-state index contributed by atoms with van der Waals surface area (Å²) < 4.78 is 37.9. The molecule has 1 aromatic carbocycles. The highest BCUT2D eigenvalue weighted by atomic mass is 19.4. The first-order valence-corrected chi connectivity index (χ1v) is 6.98. The molecule has 0 amide bonds. The zero-order chi connectivity index (χ0) is 14.6. The van der Waals surface area contributed by atoms with Gasteiger partial charge in [0.1, 0.15) is 0 Å². The van der Waals surface area contributed by atoms with E-state index in [1.165, 1.54) is 12.1 Å². The Labute approximate surface area is 117 Å². The first-order valence-electron chi connectivity index (χ1n) is 6.98. The van der Waals surface area contributed by atoms with Crippen LogP contribution in [0.15, 0.2) is 24.3 Å². The van der Waals surface area contributed by atoms with Crippen molar-refractivity contribution in [3.8, 4) is 0 Å². The third-order valence-electron chi connectivity index (χ3n) is 3.83. The lowest BCUT2D eigenvalue weighted by molar-refractivity contribution is -0.137. The third kappa shape index (κ3) is 4.21. The van der Waals surface area contributed by atoms with Crippen LogP contribution in [0.25, 0.3) is 0 Å². The average molecular weight is 287 g/mol. The van der Waals surface area contributed by atoms with Crippen molar-refractivity contribution in [1.82, 2.24) is 4.90 Å². The first-order chi connectivity index (χ1) is 9.49. The van der Waals surface area contributed by atoms with Crippen LogP contribution in [0, 0.1) is 5.92 Å². The van der Waals surface area contributed by atoms with Crippen LogP contribution < -0.4 is 0 Å². The summed E-state index contributed by atoms with van der Waals surface area (Å²) in [5, 5.41) is 9.17. The fourth-order valence-electron chi connectivity index (χ4n) is 2.69. The molecule has 1 heterocycles. The van der Waals surface area contributed by atoms with Crippen molar-refractivity contribution >= 4 is 0 Å². The number of nitrogens with zero attached hydrogens (tertiary/aromatic N) is 1. The van der Waals surface area contributed by atoms with Crippen molar-refractivity contribution < 1.29 is 18.3 Å². The minimum Gasteiger partial charge on any atom is -0.396 e. The molecule has 1 aromatic rings. The Balaban J connectivity index is 1.91. The Hall–Kier alpha value is -1.07. The van der Waals surface area contributed by atoms with Crippen molar-refractivity contribution in [2.75, 3.05) is 26.2 Å². The quantitative estimate of drug-likeness (QED) is 0.920. The first kappa shape index (κ1) is 15.3. The van der Waals surface area contributed by atoms with E-state index in [4.69, 9.17) is 5.11 Å². The molecule has 0 bridgehead atoms. The van der Waals surface area contributed by atoms with Crippen LogP contribution >= 0.6 is 0 Å². The maximum Gasteiger partial charge on any atom is 0.416 e. The Morgan fingerprint density at radius 1 is 1.30 bits per heavy atom. The predicted molar refractivity (Wildman–Crippen MR) is 71.4 cm³/mol. The molecule has 1 unspecified atom stereocenters. The Kier molecular flexibility index (Phi) is 5.05. The summed E-state index contributed by atoms with van der Waals surface area (Å²) in [6, 6.07) is 5.53. The van der Waals surface area contributed by atoms with E-state index in [1.807, 2.05) is 0 Å². The molecule has 1 N–H and O–H groups in total. The molecule has 112 valence electrons. The molecule has 0 radical (unpaired) electrons. The van der Waals surface area contributed by atoms with E-state index in [0.717, 1.165) is 38.5 Å². The predicted octanol–water partition coefficient (Wildman–Crippen LogP) is 2.95. The van der Waals surface area contributed by atoms with E-state index in [9.17, 15) is 13.2 Å². The van der Waals surface area contributed by atoms with Crippen LogP contribution in [0.3, 0.4) is 0 Å². The topological polar surface area (TPSA) is 23.5 Å². The van der Waals surface area contributed by atoms with Gasteiger partial charge in [-0.15, -0.1) is 0 Å². The second kappa shape index (κ2) is 6.59. The summed E-state index contributed by atoms with van der Waals surface area (Å²) in [4.78, 5) is 2.23. The highest BCUT2D eigenvalue weighted by molar-refractivity contribution is 5.25.